The van der Waals surface area contributed by atoms with Gasteiger partial charge >= 0.3 is 0 Å². The number of hydrogen-bond acceptors (Lipinski definition) is 2. The van der Waals surface area contributed by atoms with Gasteiger partial charge in [-0.05, 0) is 56.1 Å². The second-order valence-electron chi connectivity index (χ2n) is 6.23. The second kappa shape index (κ2) is 5.46. The third-order valence-electron chi connectivity index (χ3n) is 4.89. The van der Waals surface area contributed by atoms with Crippen LogP contribution in [0.25, 0.3) is 0 Å². The van der Waals surface area contributed by atoms with Gasteiger partial charge in [-0.25, -0.2) is 0 Å². The van der Waals surface area contributed by atoms with Gasteiger partial charge in [0, 0.05) is 17.5 Å². The van der Waals surface area contributed by atoms with Crippen molar-refractivity contribution in [3.8, 4) is 0 Å². The fourth-order valence-electron chi connectivity index (χ4n) is 3.30. The van der Waals surface area contributed by atoms with Gasteiger partial charge in [-0.3, -0.25) is 4.79 Å². The molecule has 102 valence electrons. The molecule has 2 saturated carbocycles. The lowest BCUT2D eigenvalue weighted by Gasteiger charge is -2.27. The number of carbonyl (C=O) groups excluding carboxylic acids is 1. The second-order valence-corrected chi connectivity index (χ2v) is 6.23. The third kappa shape index (κ3) is 2.74. The average Bonchev–Trinajstić information content (AvgIpc) is 2.37. The Labute approximate surface area is 115 Å². The maximum absolute atomic E-state index is 12.5. The van der Waals surface area contributed by atoms with Crippen LogP contribution in [-0.4, -0.2) is 11.8 Å². The van der Waals surface area contributed by atoms with E-state index < -0.39 is 0 Å². The molecule has 2 aliphatic rings. The van der Waals surface area contributed by atoms with Gasteiger partial charge in [-0.2, -0.15) is 0 Å². The lowest BCUT2D eigenvalue weighted by molar-refractivity contribution is 0.0884. The van der Waals surface area contributed by atoms with Gasteiger partial charge in [0.2, 0.25) is 0 Å². The van der Waals surface area contributed by atoms with E-state index in [1.165, 1.54) is 24.8 Å². The number of hydrogen-bond donors (Lipinski definition) is 1. The van der Waals surface area contributed by atoms with Crippen LogP contribution in [0.1, 0.15) is 66.8 Å². The number of ketones is 1. The Hall–Kier alpha value is -1.15. The summed E-state index contributed by atoms with van der Waals surface area (Å²) in [7, 11) is 0. The van der Waals surface area contributed by atoms with Crippen LogP contribution in [0.3, 0.4) is 0 Å². The van der Waals surface area contributed by atoms with Gasteiger partial charge in [0.25, 0.3) is 0 Å². The predicted octanol–water partition coefficient (Wildman–Crippen LogP) is 3.65. The fourth-order valence-corrected chi connectivity index (χ4v) is 3.30. The smallest absolute Gasteiger partial charge is 0.165 e. The quantitative estimate of drug-likeness (QED) is 0.840. The van der Waals surface area contributed by atoms with E-state index in [1.54, 1.807) is 0 Å². The number of Topliss-reactive ketones (excluding diaryl/α,β-unsaturated/α-hetero) is 1. The molecule has 0 aromatic heterocycles. The van der Waals surface area contributed by atoms with E-state index in [1.807, 2.05) is 6.07 Å². The molecule has 2 fully saturated rings. The first kappa shape index (κ1) is 12.9. The zero-order valence-electron chi connectivity index (χ0n) is 11.5. The highest BCUT2D eigenvalue weighted by molar-refractivity contribution is 5.98. The van der Waals surface area contributed by atoms with Crippen LogP contribution in [0.15, 0.2) is 24.3 Å². The number of benzene rings is 1. The zero-order chi connectivity index (χ0) is 13.2. The van der Waals surface area contributed by atoms with Crippen molar-refractivity contribution in [3.05, 3.63) is 35.4 Å². The summed E-state index contributed by atoms with van der Waals surface area (Å²) in [6.45, 7) is 0. The molecule has 19 heavy (non-hydrogen) atoms. The summed E-state index contributed by atoms with van der Waals surface area (Å²) in [5.74, 6) is 1.25. The molecular formula is C17H23NO. The monoisotopic (exact) mass is 257 g/mol. The molecular weight excluding hydrogens is 234 g/mol. The van der Waals surface area contributed by atoms with E-state index in [-0.39, 0.29) is 5.92 Å². The van der Waals surface area contributed by atoms with Gasteiger partial charge in [-0.15, -0.1) is 0 Å². The molecule has 0 saturated heterocycles. The predicted molar refractivity (Wildman–Crippen MR) is 77.3 cm³/mol. The highest BCUT2D eigenvalue weighted by Gasteiger charge is 2.26. The molecule has 2 aliphatic carbocycles. The lowest BCUT2D eigenvalue weighted by atomic mass is 9.78. The molecule has 1 aromatic carbocycles. The first-order chi connectivity index (χ1) is 9.24. The molecule has 0 heterocycles. The molecule has 2 heteroatoms. The molecule has 0 radical (unpaired) electrons. The largest absolute Gasteiger partial charge is 0.328 e. The molecule has 3 rings (SSSR count). The Bertz CT molecular complexity index is 456. The van der Waals surface area contributed by atoms with Crippen LogP contribution in [0, 0.1) is 5.92 Å². The Morgan fingerprint density at radius 1 is 1.05 bits per heavy atom. The summed E-state index contributed by atoms with van der Waals surface area (Å²) in [6, 6.07) is 8.66. The lowest BCUT2D eigenvalue weighted by Crippen LogP contribution is -2.29. The Balaban J connectivity index is 1.72. The van der Waals surface area contributed by atoms with E-state index in [0.29, 0.717) is 17.7 Å². The fraction of sp³-hybridized carbons (Fsp3) is 0.588. The van der Waals surface area contributed by atoms with Crippen molar-refractivity contribution in [1.29, 1.82) is 0 Å². The van der Waals surface area contributed by atoms with Crippen molar-refractivity contribution < 1.29 is 4.79 Å². The third-order valence-corrected chi connectivity index (χ3v) is 4.89. The van der Waals surface area contributed by atoms with Crippen LogP contribution in [-0.2, 0) is 0 Å². The summed E-state index contributed by atoms with van der Waals surface area (Å²) in [4.78, 5) is 12.5. The molecule has 0 bridgehead atoms. The minimum atomic E-state index is 0.205. The molecule has 1 aromatic rings. The standard InChI is InChI=1S/C17H23NO/c18-16-9-7-13(8-10-16)17(19)15-6-2-5-14(11-15)12-3-1-4-12/h2,5-6,11-13,16H,1,3-4,7-10,18H2. The van der Waals surface area contributed by atoms with Gasteiger partial charge in [0.05, 0.1) is 0 Å². The highest BCUT2D eigenvalue weighted by Crippen LogP contribution is 2.37. The van der Waals surface area contributed by atoms with Crippen molar-refractivity contribution >= 4 is 5.78 Å². The Morgan fingerprint density at radius 2 is 1.79 bits per heavy atom. The SMILES string of the molecule is NC1CCC(C(=O)c2cccc(C3CCC3)c2)CC1. The molecule has 0 atom stereocenters. The van der Waals surface area contributed by atoms with Gasteiger partial charge in [-0.1, -0.05) is 24.6 Å². The number of rotatable bonds is 3. The molecule has 0 unspecified atom stereocenters. The number of nitrogens with two attached hydrogens (primary N) is 1. The summed E-state index contributed by atoms with van der Waals surface area (Å²) < 4.78 is 0. The highest BCUT2D eigenvalue weighted by atomic mass is 16.1. The van der Waals surface area contributed by atoms with E-state index in [4.69, 9.17) is 5.73 Å². The summed E-state index contributed by atoms with van der Waals surface area (Å²) >= 11 is 0. The Morgan fingerprint density at radius 3 is 2.42 bits per heavy atom. The zero-order valence-corrected chi connectivity index (χ0v) is 11.5. The molecule has 2 N–H and O–H groups in total. The summed E-state index contributed by atoms with van der Waals surface area (Å²) in [5.41, 5.74) is 8.20. The van der Waals surface area contributed by atoms with E-state index >= 15 is 0 Å². The maximum atomic E-state index is 12.5. The minimum Gasteiger partial charge on any atom is -0.328 e. The van der Waals surface area contributed by atoms with Crippen LogP contribution in [0.2, 0.25) is 0 Å². The molecule has 0 aliphatic heterocycles. The van der Waals surface area contributed by atoms with Crippen LogP contribution >= 0.6 is 0 Å². The van der Waals surface area contributed by atoms with Gasteiger partial charge < -0.3 is 5.73 Å². The minimum absolute atomic E-state index is 0.205. The average molecular weight is 257 g/mol. The van der Waals surface area contributed by atoms with E-state index in [9.17, 15) is 4.79 Å². The van der Waals surface area contributed by atoms with Crippen molar-refractivity contribution in [2.45, 2.75) is 56.9 Å². The first-order valence-corrected chi connectivity index (χ1v) is 7.64. The molecule has 0 spiro atoms. The van der Waals surface area contributed by atoms with Crippen LogP contribution in [0.4, 0.5) is 0 Å². The van der Waals surface area contributed by atoms with Crippen molar-refractivity contribution in [1.82, 2.24) is 0 Å². The van der Waals surface area contributed by atoms with Crippen molar-refractivity contribution in [2.24, 2.45) is 11.7 Å². The Kier molecular flexibility index (Phi) is 3.69. The number of carbonyl (C=O) groups is 1. The summed E-state index contributed by atoms with van der Waals surface area (Å²) in [6.07, 6.45) is 7.84. The molecule has 2 nitrogen and oxygen atoms in total. The van der Waals surface area contributed by atoms with Crippen molar-refractivity contribution in [2.75, 3.05) is 0 Å². The van der Waals surface area contributed by atoms with Gasteiger partial charge in [0.15, 0.2) is 5.78 Å². The molecule has 0 amide bonds. The van der Waals surface area contributed by atoms with E-state index in [0.717, 1.165) is 31.2 Å². The van der Waals surface area contributed by atoms with E-state index in [2.05, 4.69) is 18.2 Å². The van der Waals surface area contributed by atoms with Crippen LogP contribution < -0.4 is 5.73 Å². The van der Waals surface area contributed by atoms with Gasteiger partial charge in [0.1, 0.15) is 0 Å². The summed E-state index contributed by atoms with van der Waals surface area (Å²) in [5, 5.41) is 0. The normalized spacial score (nSPS) is 27.8. The maximum Gasteiger partial charge on any atom is 0.165 e. The van der Waals surface area contributed by atoms with Crippen molar-refractivity contribution in [3.63, 3.8) is 0 Å². The topological polar surface area (TPSA) is 43.1 Å². The van der Waals surface area contributed by atoms with Crippen LogP contribution in [0.5, 0.6) is 0 Å². The first-order valence-electron chi connectivity index (χ1n) is 7.64.